The van der Waals surface area contributed by atoms with Crippen molar-refractivity contribution in [2.45, 2.75) is 37.8 Å². The van der Waals surface area contributed by atoms with E-state index in [9.17, 15) is 4.39 Å². The molecule has 98 valence electrons. The second-order valence-electron chi connectivity index (χ2n) is 5.32. The van der Waals surface area contributed by atoms with Crippen LogP contribution in [0.4, 0.5) is 10.1 Å². The van der Waals surface area contributed by atoms with Crippen molar-refractivity contribution >= 4 is 21.6 Å². The van der Waals surface area contributed by atoms with Crippen molar-refractivity contribution in [2.75, 3.05) is 18.4 Å². The molecule has 1 aromatic carbocycles. The van der Waals surface area contributed by atoms with E-state index in [4.69, 9.17) is 0 Å². The average molecular weight is 313 g/mol. The molecule has 4 heteroatoms. The SMILES string of the molecule is Fc1ccc(Br)cc1NC1CCN2CCCC2C1. The molecule has 1 aromatic rings. The van der Waals surface area contributed by atoms with E-state index in [1.807, 2.05) is 6.07 Å². The fourth-order valence-corrected chi connectivity index (χ4v) is 3.54. The summed E-state index contributed by atoms with van der Waals surface area (Å²) in [5.41, 5.74) is 0.626. The zero-order chi connectivity index (χ0) is 12.5. The molecular weight excluding hydrogens is 295 g/mol. The highest BCUT2D eigenvalue weighted by Crippen LogP contribution is 2.29. The number of benzene rings is 1. The van der Waals surface area contributed by atoms with Crippen LogP contribution in [-0.4, -0.2) is 30.1 Å². The van der Waals surface area contributed by atoms with E-state index in [0.717, 1.165) is 23.9 Å². The number of nitrogens with one attached hydrogen (secondary N) is 1. The summed E-state index contributed by atoms with van der Waals surface area (Å²) < 4.78 is 14.6. The molecule has 0 amide bonds. The number of fused-ring (bicyclic) bond motifs is 1. The van der Waals surface area contributed by atoms with E-state index in [0.29, 0.717) is 17.8 Å². The van der Waals surface area contributed by atoms with E-state index in [-0.39, 0.29) is 5.82 Å². The van der Waals surface area contributed by atoms with Crippen LogP contribution in [0.25, 0.3) is 0 Å². The molecular formula is C14H18BrFN2. The normalized spacial score (nSPS) is 28.1. The molecule has 2 aliphatic rings. The molecule has 0 aromatic heterocycles. The Morgan fingerprint density at radius 1 is 1.28 bits per heavy atom. The molecule has 18 heavy (non-hydrogen) atoms. The molecule has 0 aliphatic carbocycles. The number of rotatable bonds is 2. The lowest BCUT2D eigenvalue weighted by molar-refractivity contribution is 0.188. The molecule has 2 unspecified atom stereocenters. The van der Waals surface area contributed by atoms with Crippen molar-refractivity contribution in [1.82, 2.24) is 4.90 Å². The Kier molecular flexibility index (Phi) is 3.57. The minimum Gasteiger partial charge on any atom is -0.380 e. The lowest BCUT2D eigenvalue weighted by atomic mass is 9.97. The topological polar surface area (TPSA) is 15.3 Å². The maximum absolute atomic E-state index is 13.7. The van der Waals surface area contributed by atoms with Gasteiger partial charge in [0, 0.05) is 23.1 Å². The van der Waals surface area contributed by atoms with Gasteiger partial charge in [0.2, 0.25) is 0 Å². The van der Waals surface area contributed by atoms with Gasteiger partial charge in [-0.25, -0.2) is 4.39 Å². The molecule has 2 saturated heterocycles. The van der Waals surface area contributed by atoms with Gasteiger partial charge >= 0.3 is 0 Å². The minimum atomic E-state index is -0.160. The highest BCUT2D eigenvalue weighted by atomic mass is 79.9. The quantitative estimate of drug-likeness (QED) is 0.897. The van der Waals surface area contributed by atoms with E-state index in [1.165, 1.54) is 25.5 Å². The summed E-state index contributed by atoms with van der Waals surface area (Å²) in [6.45, 7) is 2.40. The number of hydrogen-bond donors (Lipinski definition) is 1. The van der Waals surface area contributed by atoms with Gasteiger partial charge in [0.25, 0.3) is 0 Å². The second-order valence-corrected chi connectivity index (χ2v) is 6.24. The van der Waals surface area contributed by atoms with E-state index >= 15 is 0 Å². The van der Waals surface area contributed by atoms with Gasteiger partial charge in [-0.2, -0.15) is 0 Å². The van der Waals surface area contributed by atoms with Gasteiger partial charge in [-0.3, -0.25) is 0 Å². The van der Waals surface area contributed by atoms with Crippen LogP contribution in [0.1, 0.15) is 25.7 Å². The molecule has 3 rings (SSSR count). The zero-order valence-electron chi connectivity index (χ0n) is 10.3. The molecule has 0 radical (unpaired) electrons. The lowest BCUT2D eigenvalue weighted by Gasteiger charge is -2.35. The van der Waals surface area contributed by atoms with Crippen molar-refractivity contribution in [3.05, 3.63) is 28.5 Å². The third kappa shape index (κ3) is 2.54. The molecule has 2 atom stereocenters. The van der Waals surface area contributed by atoms with E-state index in [2.05, 4.69) is 26.1 Å². The third-order valence-corrected chi connectivity index (χ3v) is 4.60. The zero-order valence-corrected chi connectivity index (χ0v) is 11.9. The molecule has 1 N–H and O–H groups in total. The molecule has 0 bridgehead atoms. The first-order chi connectivity index (χ1) is 8.72. The number of piperidine rings is 1. The van der Waals surface area contributed by atoms with Crippen molar-refractivity contribution in [3.63, 3.8) is 0 Å². The van der Waals surface area contributed by atoms with Crippen LogP contribution in [0.15, 0.2) is 22.7 Å². The van der Waals surface area contributed by atoms with Gasteiger partial charge in [0.05, 0.1) is 5.69 Å². The monoisotopic (exact) mass is 312 g/mol. The first kappa shape index (κ1) is 12.4. The predicted molar refractivity (Wildman–Crippen MR) is 75.3 cm³/mol. The fourth-order valence-electron chi connectivity index (χ4n) is 3.18. The van der Waals surface area contributed by atoms with Crippen LogP contribution in [0.5, 0.6) is 0 Å². The largest absolute Gasteiger partial charge is 0.380 e. The third-order valence-electron chi connectivity index (χ3n) is 4.11. The summed E-state index contributed by atoms with van der Waals surface area (Å²) in [6, 6.07) is 6.20. The Hall–Kier alpha value is -0.610. The van der Waals surface area contributed by atoms with Crippen LogP contribution in [0, 0.1) is 5.82 Å². The summed E-state index contributed by atoms with van der Waals surface area (Å²) in [5, 5.41) is 3.37. The highest BCUT2D eigenvalue weighted by molar-refractivity contribution is 9.10. The Labute approximate surface area is 116 Å². The lowest BCUT2D eigenvalue weighted by Crippen LogP contribution is -2.42. The summed E-state index contributed by atoms with van der Waals surface area (Å²) in [4.78, 5) is 2.58. The molecule has 2 nitrogen and oxygen atoms in total. The number of halogens is 2. The van der Waals surface area contributed by atoms with Crippen molar-refractivity contribution in [3.8, 4) is 0 Å². The molecule has 2 aliphatic heterocycles. The van der Waals surface area contributed by atoms with Gasteiger partial charge in [-0.15, -0.1) is 0 Å². The molecule has 2 fully saturated rings. The van der Waals surface area contributed by atoms with Gasteiger partial charge in [0.1, 0.15) is 5.82 Å². The number of anilines is 1. The Bertz CT molecular complexity index is 438. The summed E-state index contributed by atoms with van der Waals surface area (Å²) >= 11 is 3.39. The van der Waals surface area contributed by atoms with Crippen molar-refractivity contribution in [2.24, 2.45) is 0 Å². The van der Waals surface area contributed by atoms with Gasteiger partial charge in [-0.05, 0) is 50.4 Å². The maximum Gasteiger partial charge on any atom is 0.146 e. The van der Waals surface area contributed by atoms with Gasteiger partial charge < -0.3 is 10.2 Å². The fraction of sp³-hybridized carbons (Fsp3) is 0.571. The first-order valence-corrected chi connectivity index (χ1v) is 7.47. The predicted octanol–water partition coefficient (Wildman–Crippen LogP) is 3.63. The molecule has 0 spiro atoms. The smallest absolute Gasteiger partial charge is 0.146 e. The summed E-state index contributed by atoms with van der Waals surface area (Å²) in [6.07, 6.45) is 4.89. The van der Waals surface area contributed by atoms with Gasteiger partial charge in [-0.1, -0.05) is 15.9 Å². The van der Waals surface area contributed by atoms with E-state index in [1.54, 1.807) is 6.07 Å². The average Bonchev–Trinajstić information content (AvgIpc) is 2.81. The van der Waals surface area contributed by atoms with E-state index < -0.39 is 0 Å². The Morgan fingerprint density at radius 3 is 3.06 bits per heavy atom. The van der Waals surface area contributed by atoms with Crippen LogP contribution in [-0.2, 0) is 0 Å². The Morgan fingerprint density at radius 2 is 2.17 bits per heavy atom. The van der Waals surface area contributed by atoms with Crippen molar-refractivity contribution < 1.29 is 4.39 Å². The molecule has 2 heterocycles. The second kappa shape index (κ2) is 5.17. The van der Waals surface area contributed by atoms with Crippen LogP contribution in [0.2, 0.25) is 0 Å². The van der Waals surface area contributed by atoms with Crippen molar-refractivity contribution in [1.29, 1.82) is 0 Å². The van der Waals surface area contributed by atoms with Crippen LogP contribution in [0.3, 0.4) is 0 Å². The number of nitrogens with zero attached hydrogens (tertiary/aromatic N) is 1. The maximum atomic E-state index is 13.7. The summed E-state index contributed by atoms with van der Waals surface area (Å²) in [7, 11) is 0. The van der Waals surface area contributed by atoms with Crippen LogP contribution < -0.4 is 5.32 Å². The van der Waals surface area contributed by atoms with Gasteiger partial charge in [0.15, 0.2) is 0 Å². The highest BCUT2D eigenvalue weighted by Gasteiger charge is 2.31. The Balaban J connectivity index is 1.67. The minimum absolute atomic E-state index is 0.160. The van der Waals surface area contributed by atoms with Crippen LogP contribution >= 0.6 is 15.9 Å². The molecule has 0 saturated carbocycles. The summed E-state index contributed by atoms with van der Waals surface area (Å²) in [5.74, 6) is -0.160. The number of hydrogen-bond acceptors (Lipinski definition) is 2. The standard InChI is InChI=1S/C14H18BrFN2/c15-10-3-4-13(16)14(8-10)17-11-5-7-18-6-1-2-12(18)9-11/h3-4,8,11-12,17H,1-2,5-7,9H2. The first-order valence-electron chi connectivity index (χ1n) is 6.68.